The number of pyridine rings is 1. The molecule has 0 aliphatic rings. The Kier molecular flexibility index (Phi) is 6.83. The van der Waals surface area contributed by atoms with Crippen molar-refractivity contribution in [3.8, 4) is 11.5 Å². The zero-order valence-electron chi connectivity index (χ0n) is 15.9. The van der Waals surface area contributed by atoms with Crippen LogP contribution in [0.15, 0.2) is 67.0 Å². The molecule has 0 aliphatic carbocycles. The number of aryl methyl sites for hydroxylation is 1. The van der Waals surface area contributed by atoms with Gasteiger partial charge >= 0.3 is 0 Å². The number of benzene rings is 2. The molecule has 1 aromatic heterocycles. The molecule has 4 nitrogen and oxygen atoms in total. The van der Waals surface area contributed by atoms with Gasteiger partial charge in [0.15, 0.2) is 11.5 Å². The van der Waals surface area contributed by atoms with E-state index in [0.29, 0.717) is 13.2 Å². The number of nitrogens with one attached hydrogen (secondary N) is 1. The Morgan fingerprint density at radius 2 is 1.63 bits per heavy atom. The minimum Gasteiger partial charge on any atom is -0.490 e. The fourth-order valence-electron chi connectivity index (χ4n) is 2.83. The van der Waals surface area contributed by atoms with Gasteiger partial charge in [-0.05, 0) is 60.4 Å². The van der Waals surface area contributed by atoms with Crippen molar-refractivity contribution in [1.82, 2.24) is 10.3 Å². The number of ether oxygens (including phenoxy) is 2. The van der Waals surface area contributed by atoms with Crippen molar-refractivity contribution in [2.45, 2.75) is 33.5 Å². The number of aromatic nitrogens is 1. The van der Waals surface area contributed by atoms with Crippen LogP contribution in [0.25, 0.3) is 0 Å². The van der Waals surface area contributed by atoms with E-state index in [1.54, 1.807) is 0 Å². The lowest BCUT2D eigenvalue weighted by Crippen LogP contribution is -2.13. The molecule has 1 N–H and O–H groups in total. The third-order valence-electron chi connectivity index (χ3n) is 4.36. The molecule has 27 heavy (non-hydrogen) atoms. The molecule has 0 atom stereocenters. The lowest BCUT2D eigenvalue weighted by Gasteiger charge is -2.14. The molecule has 2 aromatic carbocycles. The van der Waals surface area contributed by atoms with Crippen molar-refractivity contribution >= 4 is 0 Å². The summed E-state index contributed by atoms with van der Waals surface area (Å²) in [5, 5.41) is 3.45. The molecule has 140 valence electrons. The van der Waals surface area contributed by atoms with E-state index >= 15 is 0 Å². The molecule has 3 aromatic rings. The molecule has 3 rings (SSSR count). The van der Waals surface area contributed by atoms with Gasteiger partial charge in [0.25, 0.3) is 0 Å². The van der Waals surface area contributed by atoms with Crippen molar-refractivity contribution in [2.24, 2.45) is 0 Å². The predicted octanol–water partition coefficient (Wildman–Crippen LogP) is 4.66. The lowest BCUT2D eigenvalue weighted by atomic mass is 10.1. The first-order chi connectivity index (χ1) is 13.3. The molecule has 4 heteroatoms. The summed E-state index contributed by atoms with van der Waals surface area (Å²) < 4.78 is 11.8. The number of hydrogen-bond donors (Lipinski definition) is 1. The van der Waals surface area contributed by atoms with E-state index in [4.69, 9.17) is 9.47 Å². The van der Waals surface area contributed by atoms with Gasteiger partial charge in [0.05, 0.1) is 6.61 Å². The minimum absolute atomic E-state index is 0.534. The van der Waals surface area contributed by atoms with E-state index in [9.17, 15) is 0 Å². The summed E-state index contributed by atoms with van der Waals surface area (Å²) in [5.74, 6) is 1.56. The summed E-state index contributed by atoms with van der Waals surface area (Å²) in [5.41, 5.74) is 4.79. The average Bonchev–Trinajstić information content (AvgIpc) is 2.69. The average molecular weight is 362 g/mol. The molecule has 0 spiro atoms. The van der Waals surface area contributed by atoms with Crippen molar-refractivity contribution in [3.05, 3.63) is 89.2 Å². The monoisotopic (exact) mass is 362 g/mol. The van der Waals surface area contributed by atoms with Crippen LogP contribution >= 0.6 is 0 Å². The largest absolute Gasteiger partial charge is 0.490 e. The highest BCUT2D eigenvalue weighted by Gasteiger charge is 2.08. The summed E-state index contributed by atoms with van der Waals surface area (Å²) in [7, 11) is 0. The van der Waals surface area contributed by atoms with Crippen LogP contribution in [0.3, 0.4) is 0 Å². The maximum atomic E-state index is 6.03. The molecule has 0 amide bonds. The third-order valence-corrected chi connectivity index (χ3v) is 4.36. The first-order valence-electron chi connectivity index (χ1n) is 9.29. The zero-order valence-corrected chi connectivity index (χ0v) is 15.9. The van der Waals surface area contributed by atoms with Gasteiger partial charge in [0, 0.05) is 25.5 Å². The van der Waals surface area contributed by atoms with Crippen LogP contribution in [0.5, 0.6) is 11.5 Å². The van der Waals surface area contributed by atoms with Gasteiger partial charge in [-0.3, -0.25) is 4.98 Å². The molecule has 0 saturated carbocycles. The van der Waals surface area contributed by atoms with Gasteiger partial charge in [-0.15, -0.1) is 0 Å². The normalized spacial score (nSPS) is 10.6. The van der Waals surface area contributed by atoms with Crippen molar-refractivity contribution in [1.29, 1.82) is 0 Å². The van der Waals surface area contributed by atoms with Crippen LogP contribution in [-0.2, 0) is 19.7 Å². The molecule has 0 radical (unpaired) electrons. The van der Waals surface area contributed by atoms with Gasteiger partial charge in [0.2, 0.25) is 0 Å². The first kappa shape index (κ1) is 18.9. The molecule has 0 saturated heterocycles. The fraction of sp³-hybridized carbons (Fsp3) is 0.261. The van der Waals surface area contributed by atoms with E-state index in [0.717, 1.165) is 30.2 Å². The van der Waals surface area contributed by atoms with Gasteiger partial charge in [-0.1, -0.05) is 30.3 Å². The summed E-state index contributed by atoms with van der Waals surface area (Å²) in [4.78, 5) is 4.04. The summed E-state index contributed by atoms with van der Waals surface area (Å²) in [6, 6.07) is 18.4. The van der Waals surface area contributed by atoms with Gasteiger partial charge in [-0.2, -0.15) is 0 Å². The third kappa shape index (κ3) is 5.56. The number of hydrogen-bond acceptors (Lipinski definition) is 4. The molecule has 1 heterocycles. The first-order valence-corrected chi connectivity index (χ1v) is 9.29. The minimum atomic E-state index is 0.534. The topological polar surface area (TPSA) is 43.4 Å². The highest BCUT2D eigenvalue weighted by atomic mass is 16.5. The Balaban J connectivity index is 1.62. The van der Waals surface area contributed by atoms with Crippen LogP contribution in [-0.4, -0.2) is 11.6 Å². The molecule has 0 unspecified atom stereocenters. The second kappa shape index (κ2) is 9.74. The Morgan fingerprint density at radius 1 is 0.852 bits per heavy atom. The van der Waals surface area contributed by atoms with E-state index in [1.165, 1.54) is 16.7 Å². The smallest absolute Gasteiger partial charge is 0.161 e. The zero-order chi connectivity index (χ0) is 18.9. The van der Waals surface area contributed by atoms with Crippen LogP contribution in [0, 0.1) is 6.92 Å². The molecule has 0 aliphatic heterocycles. The summed E-state index contributed by atoms with van der Waals surface area (Å²) in [6.45, 7) is 6.79. The standard InChI is InChI=1S/C23H26N2O2/c1-3-26-23-14-20(16-25-15-19-10-12-24-13-11-19)8-9-22(23)27-17-21-7-5-4-6-18(21)2/h4-14,25H,3,15-17H2,1-2H3. The highest BCUT2D eigenvalue weighted by Crippen LogP contribution is 2.29. The Hall–Kier alpha value is -2.85. The van der Waals surface area contributed by atoms with Gasteiger partial charge in [-0.25, -0.2) is 0 Å². The van der Waals surface area contributed by atoms with E-state index < -0.39 is 0 Å². The van der Waals surface area contributed by atoms with Gasteiger partial charge < -0.3 is 14.8 Å². The Bertz CT molecular complexity index is 850. The Morgan fingerprint density at radius 3 is 2.41 bits per heavy atom. The number of nitrogens with zero attached hydrogens (tertiary/aromatic N) is 1. The second-order valence-corrected chi connectivity index (χ2v) is 6.39. The predicted molar refractivity (Wildman–Crippen MR) is 108 cm³/mol. The van der Waals surface area contributed by atoms with Crippen LogP contribution in [0.4, 0.5) is 0 Å². The van der Waals surface area contributed by atoms with E-state index in [1.807, 2.05) is 49.6 Å². The Labute approximate surface area is 161 Å². The van der Waals surface area contributed by atoms with Crippen molar-refractivity contribution < 1.29 is 9.47 Å². The molecular weight excluding hydrogens is 336 g/mol. The SMILES string of the molecule is CCOc1cc(CNCc2ccncc2)ccc1OCc1ccccc1C. The molecule has 0 bridgehead atoms. The summed E-state index contributed by atoms with van der Waals surface area (Å²) >= 11 is 0. The van der Waals surface area contributed by atoms with Crippen LogP contribution < -0.4 is 14.8 Å². The molecular formula is C23H26N2O2. The van der Waals surface area contributed by atoms with Crippen LogP contribution in [0.2, 0.25) is 0 Å². The quantitative estimate of drug-likeness (QED) is 0.601. The highest BCUT2D eigenvalue weighted by molar-refractivity contribution is 5.43. The number of rotatable bonds is 9. The van der Waals surface area contributed by atoms with Crippen molar-refractivity contribution in [2.75, 3.05) is 6.61 Å². The fourth-order valence-corrected chi connectivity index (χ4v) is 2.83. The van der Waals surface area contributed by atoms with Gasteiger partial charge in [0.1, 0.15) is 6.61 Å². The van der Waals surface area contributed by atoms with E-state index in [2.05, 4.69) is 41.5 Å². The maximum Gasteiger partial charge on any atom is 0.161 e. The maximum absolute atomic E-state index is 6.03. The molecule has 0 fully saturated rings. The summed E-state index contributed by atoms with van der Waals surface area (Å²) in [6.07, 6.45) is 3.62. The van der Waals surface area contributed by atoms with Crippen LogP contribution in [0.1, 0.15) is 29.2 Å². The van der Waals surface area contributed by atoms with E-state index in [-0.39, 0.29) is 0 Å². The second-order valence-electron chi connectivity index (χ2n) is 6.39. The van der Waals surface area contributed by atoms with Crippen molar-refractivity contribution in [3.63, 3.8) is 0 Å². The lowest BCUT2D eigenvalue weighted by molar-refractivity contribution is 0.268.